The van der Waals surface area contributed by atoms with E-state index < -0.39 is 0 Å². The fourth-order valence-electron chi connectivity index (χ4n) is 2.37. The van der Waals surface area contributed by atoms with Crippen LogP contribution < -0.4 is 5.32 Å². The molecule has 1 atom stereocenters. The number of likely N-dealkylation sites (N-methyl/N-ethyl adjacent to an activating group) is 1. The Morgan fingerprint density at radius 3 is 3.00 bits per heavy atom. The van der Waals surface area contributed by atoms with Gasteiger partial charge in [0, 0.05) is 26.2 Å². The zero-order valence-corrected chi connectivity index (χ0v) is 11.4. The van der Waals surface area contributed by atoms with Gasteiger partial charge in [0.15, 0.2) is 0 Å². The molecule has 2 heterocycles. The fraction of sp³-hybridized carbons (Fsp3) is 0.643. The Hall–Kier alpha value is -0.970. The van der Waals surface area contributed by atoms with E-state index in [1.165, 1.54) is 12.8 Å². The molecule has 1 aliphatic heterocycles. The van der Waals surface area contributed by atoms with Crippen LogP contribution in [0, 0.1) is 0 Å². The average molecular weight is 249 g/mol. The second-order valence-electron chi connectivity index (χ2n) is 4.98. The lowest BCUT2D eigenvalue weighted by Gasteiger charge is -2.20. The van der Waals surface area contributed by atoms with Crippen LogP contribution in [0.4, 0.5) is 0 Å². The Bertz CT molecular complexity index is 364. The SMILES string of the molecule is CNCc1cccc(CN(C)CC2CCCO2)n1. The van der Waals surface area contributed by atoms with Crippen molar-refractivity contribution < 1.29 is 4.74 Å². The summed E-state index contributed by atoms with van der Waals surface area (Å²) in [4.78, 5) is 6.93. The first-order chi connectivity index (χ1) is 8.78. The molecule has 4 nitrogen and oxygen atoms in total. The summed E-state index contributed by atoms with van der Waals surface area (Å²) in [5.41, 5.74) is 2.23. The van der Waals surface area contributed by atoms with Crippen LogP contribution in [0.2, 0.25) is 0 Å². The van der Waals surface area contributed by atoms with Gasteiger partial charge in [-0.3, -0.25) is 9.88 Å². The Kier molecular flexibility index (Phi) is 5.11. The molecule has 4 heteroatoms. The molecule has 1 aromatic rings. The number of rotatable bonds is 6. The lowest BCUT2D eigenvalue weighted by Crippen LogP contribution is -2.28. The quantitative estimate of drug-likeness (QED) is 0.827. The highest BCUT2D eigenvalue weighted by Gasteiger charge is 2.17. The van der Waals surface area contributed by atoms with Gasteiger partial charge in [0.25, 0.3) is 0 Å². The molecule has 1 unspecified atom stereocenters. The summed E-state index contributed by atoms with van der Waals surface area (Å²) in [6.45, 7) is 3.63. The predicted octanol–water partition coefficient (Wildman–Crippen LogP) is 1.41. The highest BCUT2D eigenvalue weighted by Crippen LogP contribution is 2.13. The molecule has 0 radical (unpaired) electrons. The van der Waals surface area contributed by atoms with Crippen molar-refractivity contribution in [1.29, 1.82) is 0 Å². The maximum atomic E-state index is 5.65. The zero-order valence-electron chi connectivity index (χ0n) is 11.4. The van der Waals surface area contributed by atoms with E-state index in [9.17, 15) is 0 Å². The predicted molar refractivity (Wildman–Crippen MR) is 72.3 cm³/mol. The average Bonchev–Trinajstić information content (AvgIpc) is 2.82. The van der Waals surface area contributed by atoms with Gasteiger partial charge >= 0.3 is 0 Å². The topological polar surface area (TPSA) is 37.4 Å². The standard InChI is InChI=1S/C14H23N3O/c1-15-9-12-5-3-6-13(16-12)10-17(2)11-14-7-4-8-18-14/h3,5-6,14-15H,4,7-11H2,1-2H3. The van der Waals surface area contributed by atoms with Crippen molar-refractivity contribution in [2.75, 3.05) is 27.2 Å². The smallest absolute Gasteiger partial charge is 0.0702 e. The third kappa shape index (κ3) is 4.05. The number of hydrogen-bond acceptors (Lipinski definition) is 4. The molecule has 0 amide bonds. The maximum Gasteiger partial charge on any atom is 0.0702 e. The van der Waals surface area contributed by atoms with Crippen molar-refractivity contribution in [3.63, 3.8) is 0 Å². The Morgan fingerprint density at radius 1 is 1.44 bits per heavy atom. The van der Waals surface area contributed by atoms with Crippen LogP contribution >= 0.6 is 0 Å². The summed E-state index contributed by atoms with van der Waals surface area (Å²) < 4.78 is 5.65. The summed E-state index contributed by atoms with van der Waals surface area (Å²) in [5, 5.41) is 3.13. The van der Waals surface area contributed by atoms with Gasteiger partial charge in [-0.05, 0) is 39.1 Å². The van der Waals surface area contributed by atoms with E-state index in [1.54, 1.807) is 0 Å². The second-order valence-corrected chi connectivity index (χ2v) is 4.98. The van der Waals surface area contributed by atoms with E-state index in [-0.39, 0.29) is 0 Å². The molecule has 1 aliphatic rings. The molecule has 1 N–H and O–H groups in total. The molecule has 1 fully saturated rings. The number of aromatic nitrogens is 1. The molecule has 0 aromatic carbocycles. The van der Waals surface area contributed by atoms with E-state index in [2.05, 4.69) is 40.4 Å². The third-order valence-electron chi connectivity index (χ3n) is 3.19. The molecule has 1 aromatic heterocycles. The summed E-state index contributed by atoms with van der Waals surface area (Å²) in [6, 6.07) is 6.22. The first kappa shape index (κ1) is 13.5. The van der Waals surface area contributed by atoms with Crippen molar-refractivity contribution in [3.05, 3.63) is 29.6 Å². The van der Waals surface area contributed by atoms with Crippen LogP contribution in [0.25, 0.3) is 0 Å². The van der Waals surface area contributed by atoms with Gasteiger partial charge < -0.3 is 10.1 Å². The number of hydrogen-bond donors (Lipinski definition) is 1. The van der Waals surface area contributed by atoms with Crippen molar-refractivity contribution in [3.8, 4) is 0 Å². The molecule has 18 heavy (non-hydrogen) atoms. The van der Waals surface area contributed by atoms with Gasteiger partial charge in [-0.1, -0.05) is 6.07 Å². The molecule has 0 spiro atoms. The molecular weight excluding hydrogens is 226 g/mol. The highest BCUT2D eigenvalue weighted by atomic mass is 16.5. The minimum Gasteiger partial charge on any atom is -0.377 e. The second kappa shape index (κ2) is 6.83. The van der Waals surface area contributed by atoms with Crippen LogP contribution in [0.1, 0.15) is 24.2 Å². The Balaban J connectivity index is 1.85. The first-order valence-corrected chi connectivity index (χ1v) is 6.67. The number of nitrogens with one attached hydrogen (secondary N) is 1. The summed E-state index contributed by atoms with van der Waals surface area (Å²) in [7, 11) is 4.08. The van der Waals surface area contributed by atoms with Gasteiger partial charge in [-0.2, -0.15) is 0 Å². The van der Waals surface area contributed by atoms with Gasteiger partial charge in [0.2, 0.25) is 0 Å². The van der Waals surface area contributed by atoms with Gasteiger partial charge in [-0.25, -0.2) is 0 Å². The molecule has 2 rings (SSSR count). The first-order valence-electron chi connectivity index (χ1n) is 6.67. The lowest BCUT2D eigenvalue weighted by atomic mass is 10.2. The molecule has 0 saturated carbocycles. The van der Waals surface area contributed by atoms with E-state index in [1.807, 2.05) is 7.05 Å². The number of nitrogens with zero attached hydrogens (tertiary/aromatic N) is 2. The maximum absolute atomic E-state index is 5.65. The fourth-order valence-corrected chi connectivity index (χ4v) is 2.37. The summed E-state index contributed by atoms with van der Waals surface area (Å²) in [6.07, 6.45) is 2.81. The molecule has 0 aliphatic carbocycles. The molecule has 0 bridgehead atoms. The van der Waals surface area contributed by atoms with Crippen LogP contribution in [0.15, 0.2) is 18.2 Å². The van der Waals surface area contributed by atoms with Crippen molar-refractivity contribution in [2.24, 2.45) is 0 Å². The minimum atomic E-state index is 0.412. The molecule has 1 saturated heterocycles. The summed E-state index contributed by atoms with van der Waals surface area (Å²) >= 11 is 0. The lowest BCUT2D eigenvalue weighted by molar-refractivity contribution is 0.0790. The van der Waals surface area contributed by atoms with Crippen LogP contribution in [-0.4, -0.2) is 43.2 Å². The normalized spacial score (nSPS) is 19.6. The summed E-state index contributed by atoms with van der Waals surface area (Å²) in [5.74, 6) is 0. The van der Waals surface area contributed by atoms with Crippen LogP contribution in [0.5, 0.6) is 0 Å². The zero-order chi connectivity index (χ0) is 12.8. The third-order valence-corrected chi connectivity index (χ3v) is 3.19. The van der Waals surface area contributed by atoms with E-state index in [4.69, 9.17) is 4.74 Å². The highest BCUT2D eigenvalue weighted by molar-refractivity contribution is 5.11. The molecule has 100 valence electrons. The Morgan fingerprint density at radius 2 is 2.28 bits per heavy atom. The number of pyridine rings is 1. The largest absolute Gasteiger partial charge is 0.377 e. The van der Waals surface area contributed by atoms with Crippen molar-refractivity contribution in [1.82, 2.24) is 15.2 Å². The van der Waals surface area contributed by atoms with E-state index in [0.29, 0.717) is 6.10 Å². The Labute approximate surface area is 109 Å². The number of ether oxygens (including phenoxy) is 1. The van der Waals surface area contributed by atoms with Crippen molar-refractivity contribution in [2.45, 2.75) is 32.0 Å². The van der Waals surface area contributed by atoms with E-state index in [0.717, 1.165) is 37.6 Å². The van der Waals surface area contributed by atoms with Gasteiger partial charge in [0.05, 0.1) is 17.5 Å². The van der Waals surface area contributed by atoms with Gasteiger partial charge in [-0.15, -0.1) is 0 Å². The monoisotopic (exact) mass is 249 g/mol. The molecular formula is C14H23N3O. The van der Waals surface area contributed by atoms with Gasteiger partial charge in [0.1, 0.15) is 0 Å². The van der Waals surface area contributed by atoms with Crippen LogP contribution in [-0.2, 0) is 17.8 Å². The van der Waals surface area contributed by atoms with Crippen molar-refractivity contribution >= 4 is 0 Å². The van der Waals surface area contributed by atoms with E-state index >= 15 is 0 Å². The van der Waals surface area contributed by atoms with Crippen LogP contribution in [0.3, 0.4) is 0 Å². The minimum absolute atomic E-state index is 0.412.